The molecule has 1 aromatic heterocycles. The number of aryl methyl sites for hydroxylation is 1. The van der Waals surface area contributed by atoms with Crippen LogP contribution in [0.15, 0.2) is 63.1 Å². The van der Waals surface area contributed by atoms with Gasteiger partial charge in [0.15, 0.2) is 0 Å². The van der Waals surface area contributed by atoms with Gasteiger partial charge in [-0.25, -0.2) is 9.36 Å². The number of amides is 1. The molecule has 0 aliphatic heterocycles. The number of carbonyl (C=O) groups excluding carboxylic acids is 1. The number of anilines is 1. The van der Waals surface area contributed by atoms with Crippen molar-refractivity contribution in [2.45, 2.75) is 13.8 Å². The molecule has 142 valence electrons. The maximum Gasteiger partial charge on any atom is 0.335 e. The standard InChI is InChI=1S/C20H18N4O4/c1-12-5-3-4-6-17(12)24-19(27)16(18(26)23-20(24)28)11-21-14-7-9-15(10-8-14)22-13(2)25/h3-11,27H,1-2H3,(H,22,25)(H,23,26,28). The Bertz CT molecular complexity index is 1170. The summed E-state index contributed by atoms with van der Waals surface area (Å²) in [5, 5.41) is 13.2. The molecule has 0 saturated heterocycles. The molecule has 0 saturated carbocycles. The monoisotopic (exact) mass is 378 g/mol. The molecule has 3 N–H and O–H groups in total. The van der Waals surface area contributed by atoms with Crippen molar-refractivity contribution < 1.29 is 9.90 Å². The third kappa shape index (κ3) is 3.90. The Morgan fingerprint density at radius 3 is 2.46 bits per heavy atom. The summed E-state index contributed by atoms with van der Waals surface area (Å²) in [6.45, 7) is 3.20. The lowest BCUT2D eigenvalue weighted by Crippen LogP contribution is -2.31. The normalized spacial score (nSPS) is 10.9. The summed E-state index contributed by atoms with van der Waals surface area (Å²) in [6, 6.07) is 13.6. The van der Waals surface area contributed by atoms with E-state index >= 15 is 0 Å². The minimum atomic E-state index is -0.744. The first-order valence-electron chi connectivity index (χ1n) is 8.43. The summed E-state index contributed by atoms with van der Waals surface area (Å²) < 4.78 is 1.03. The zero-order valence-corrected chi connectivity index (χ0v) is 15.3. The van der Waals surface area contributed by atoms with Crippen molar-refractivity contribution in [3.63, 3.8) is 0 Å². The average Bonchev–Trinajstić information content (AvgIpc) is 2.63. The molecule has 0 bridgehead atoms. The minimum absolute atomic E-state index is 0.145. The largest absolute Gasteiger partial charge is 0.493 e. The number of nitrogens with zero attached hydrogens (tertiary/aromatic N) is 2. The van der Waals surface area contributed by atoms with Crippen LogP contribution < -0.4 is 16.6 Å². The topological polar surface area (TPSA) is 117 Å². The van der Waals surface area contributed by atoms with Crippen molar-refractivity contribution in [2.75, 3.05) is 5.32 Å². The quantitative estimate of drug-likeness (QED) is 0.604. The number of hydrogen-bond acceptors (Lipinski definition) is 5. The van der Waals surface area contributed by atoms with Gasteiger partial charge in [-0.15, -0.1) is 0 Å². The number of benzene rings is 2. The molecule has 1 amide bonds. The fraction of sp³-hybridized carbons (Fsp3) is 0.100. The van der Waals surface area contributed by atoms with Crippen LogP contribution in [0.4, 0.5) is 11.4 Å². The van der Waals surface area contributed by atoms with Gasteiger partial charge < -0.3 is 10.4 Å². The molecular formula is C20H18N4O4. The van der Waals surface area contributed by atoms with Crippen LogP contribution in [0.2, 0.25) is 0 Å². The smallest absolute Gasteiger partial charge is 0.335 e. The number of para-hydroxylation sites is 1. The van der Waals surface area contributed by atoms with E-state index in [1.54, 1.807) is 55.5 Å². The van der Waals surface area contributed by atoms with Crippen molar-refractivity contribution in [1.29, 1.82) is 0 Å². The molecule has 0 aliphatic carbocycles. The molecule has 0 spiro atoms. The summed E-state index contributed by atoms with van der Waals surface area (Å²) in [6.07, 6.45) is 1.19. The van der Waals surface area contributed by atoms with E-state index in [4.69, 9.17) is 0 Å². The van der Waals surface area contributed by atoms with Gasteiger partial charge in [0.05, 0.1) is 11.4 Å². The van der Waals surface area contributed by atoms with E-state index in [9.17, 15) is 19.5 Å². The van der Waals surface area contributed by atoms with E-state index < -0.39 is 17.1 Å². The highest BCUT2D eigenvalue weighted by Crippen LogP contribution is 2.20. The molecule has 8 nitrogen and oxygen atoms in total. The highest BCUT2D eigenvalue weighted by atomic mass is 16.3. The average molecular weight is 378 g/mol. The lowest BCUT2D eigenvalue weighted by atomic mass is 10.2. The Labute approximate surface area is 159 Å². The Balaban J connectivity index is 2.01. The van der Waals surface area contributed by atoms with Crippen LogP contribution in [-0.2, 0) is 4.79 Å². The first-order valence-corrected chi connectivity index (χ1v) is 8.43. The lowest BCUT2D eigenvalue weighted by Gasteiger charge is -2.11. The fourth-order valence-corrected chi connectivity index (χ4v) is 2.67. The molecule has 0 unspecified atom stereocenters. The van der Waals surface area contributed by atoms with E-state index in [-0.39, 0.29) is 11.5 Å². The summed E-state index contributed by atoms with van der Waals surface area (Å²) in [7, 11) is 0. The maximum absolute atomic E-state index is 12.2. The van der Waals surface area contributed by atoms with E-state index in [2.05, 4.69) is 15.3 Å². The van der Waals surface area contributed by atoms with Crippen LogP contribution in [0.5, 0.6) is 5.88 Å². The number of rotatable bonds is 4. The minimum Gasteiger partial charge on any atom is -0.493 e. The van der Waals surface area contributed by atoms with Crippen LogP contribution in [0.3, 0.4) is 0 Å². The van der Waals surface area contributed by atoms with Crippen molar-refractivity contribution >= 4 is 23.5 Å². The van der Waals surface area contributed by atoms with Crippen molar-refractivity contribution in [3.8, 4) is 11.6 Å². The van der Waals surface area contributed by atoms with E-state index in [1.807, 2.05) is 0 Å². The molecule has 2 aromatic carbocycles. The fourth-order valence-electron chi connectivity index (χ4n) is 2.67. The number of carbonyl (C=O) groups is 1. The van der Waals surface area contributed by atoms with Gasteiger partial charge in [-0.3, -0.25) is 19.6 Å². The predicted molar refractivity (Wildman–Crippen MR) is 107 cm³/mol. The van der Waals surface area contributed by atoms with Gasteiger partial charge in [0, 0.05) is 18.8 Å². The van der Waals surface area contributed by atoms with Crippen LogP contribution in [0, 0.1) is 6.92 Å². The molecule has 0 aliphatic rings. The number of H-pyrrole nitrogens is 1. The molecule has 1 heterocycles. The third-order valence-corrected chi connectivity index (χ3v) is 4.01. The predicted octanol–water partition coefficient (Wildman–Crippen LogP) is 2.25. The van der Waals surface area contributed by atoms with Gasteiger partial charge in [-0.05, 0) is 42.8 Å². The number of hydrogen-bond donors (Lipinski definition) is 3. The van der Waals surface area contributed by atoms with Gasteiger partial charge in [0.1, 0.15) is 5.56 Å². The zero-order chi connectivity index (χ0) is 20.3. The SMILES string of the molecule is CC(=O)Nc1ccc(N=Cc2c(O)n(-c3ccccc3C)c(=O)[nH]c2=O)cc1. The van der Waals surface area contributed by atoms with Crippen LogP contribution in [0.25, 0.3) is 5.69 Å². The maximum atomic E-state index is 12.2. The van der Waals surface area contributed by atoms with Gasteiger partial charge in [-0.1, -0.05) is 18.2 Å². The Morgan fingerprint density at radius 1 is 1.14 bits per heavy atom. The number of aromatic amines is 1. The van der Waals surface area contributed by atoms with Crippen LogP contribution in [-0.4, -0.2) is 26.8 Å². The van der Waals surface area contributed by atoms with E-state index in [0.717, 1.165) is 10.1 Å². The highest BCUT2D eigenvalue weighted by molar-refractivity contribution is 5.89. The highest BCUT2D eigenvalue weighted by Gasteiger charge is 2.15. The third-order valence-electron chi connectivity index (χ3n) is 4.01. The first kappa shape index (κ1) is 18.8. The summed E-state index contributed by atoms with van der Waals surface area (Å²) in [5.74, 6) is -0.687. The first-order chi connectivity index (χ1) is 13.4. The number of aromatic nitrogens is 2. The number of aromatic hydroxyl groups is 1. The summed E-state index contributed by atoms with van der Waals surface area (Å²) in [4.78, 5) is 41.8. The van der Waals surface area contributed by atoms with Gasteiger partial charge in [0.25, 0.3) is 5.56 Å². The molecule has 3 aromatic rings. The molecule has 0 fully saturated rings. The Morgan fingerprint density at radius 2 is 1.82 bits per heavy atom. The van der Waals surface area contributed by atoms with Gasteiger partial charge in [0.2, 0.25) is 11.8 Å². The molecule has 0 atom stereocenters. The molecule has 0 radical (unpaired) electrons. The second-order valence-corrected chi connectivity index (χ2v) is 6.10. The van der Waals surface area contributed by atoms with Gasteiger partial charge in [-0.2, -0.15) is 0 Å². The zero-order valence-electron chi connectivity index (χ0n) is 15.3. The van der Waals surface area contributed by atoms with Gasteiger partial charge >= 0.3 is 5.69 Å². The number of nitrogens with one attached hydrogen (secondary N) is 2. The van der Waals surface area contributed by atoms with Crippen molar-refractivity contribution in [2.24, 2.45) is 4.99 Å². The second kappa shape index (κ2) is 7.75. The second-order valence-electron chi connectivity index (χ2n) is 6.10. The Kier molecular flexibility index (Phi) is 5.21. The number of aliphatic imine (C=N–C) groups is 1. The van der Waals surface area contributed by atoms with Crippen molar-refractivity contribution in [1.82, 2.24) is 9.55 Å². The molecular weight excluding hydrogens is 360 g/mol. The van der Waals surface area contributed by atoms with Crippen molar-refractivity contribution in [3.05, 3.63) is 80.5 Å². The Hall–Kier alpha value is -3.94. The molecule has 8 heteroatoms. The molecule has 3 rings (SSSR count). The summed E-state index contributed by atoms with van der Waals surface area (Å²) in [5.41, 5.74) is 0.689. The summed E-state index contributed by atoms with van der Waals surface area (Å²) >= 11 is 0. The van der Waals surface area contributed by atoms with E-state index in [0.29, 0.717) is 17.1 Å². The van der Waals surface area contributed by atoms with E-state index in [1.165, 1.54) is 13.1 Å². The van der Waals surface area contributed by atoms with Crippen LogP contribution >= 0.6 is 0 Å². The molecule has 28 heavy (non-hydrogen) atoms. The lowest BCUT2D eigenvalue weighted by molar-refractivity contribution is -0.114. The van der Waals surface area contributed by atoms with Crippen LogP contribution in [0.1, 0.15) is 18.1 Å².